The molecule has 0 aliphatic carbocycles. The zero-order valence-electron chi connectivity index (χ0n) is 15.3. The van der Waals surface area contributed by atoms with Crippen molar-refractivity contribution < 1.29 is 18.8 Å². The largest absolute Gasteiger partial charge is 0.456 e. The Morgan fingerprint density at radius 1 is 1.39 bits per heavy atom. The van der Waals surface area contributed by atoms with Gasteiger partial charge in [-0.15, -0.1) is 0 Å². The lowest BCUT2D eigenvalue weighted by atomic mass is 9.84. The second-order valence-corrected chi connectivity index (χ2v) is 12.2. The summed E-state index contributed by atoms with van der Waals surface area (Å²) in [6, 6.07) is -0.0656. The predicted octanol–water partition coefficient (Wildman–Crippen LogP) is 2.47. The first-order valence-electron chi connectivity index (χ1n) is 8.13. The van der Waals surface area contributed by atoms with E-state index in [0.29, 0.717) is 13.0 Å². The van der Waals surface area contributed by atoms with E-state index < -0.39 is 14.3 Å². The summed E-state index contributed by atoms with van der Waals surface area (Å²) in [5, 5.41) is 2.94. The van der Waals surface area contributed by atoms with Crippen LogP contribution in [0.25, 0.3) is 0 Å². The molecule has 6 heteroatoms. The molecule has 0 aromatic rings. The van der Waals surface area contributed by atoms with Crippen LogP contribution in [-0.2, 0) is 18.8 Å². The van der Waals surface area contributed by atoms with Crippen LogP contribution in [0.15, 0.2) is 0 Å². The van der Waals surface area contributed by atoms with Crippen molar-refractivity contribution in [3.05, 3.63) is 0 Å². The van der Waals surface area contributed by atoms with E-state index in [1.807, 2.05) is 6.92 Å². The second kappa shape index (κ2) is 7.50. The molecular weight excluding hydrogens is 310 g/mol. The maximum absolute atomic E-state index is 11.9. The molecule has 0 spiro atoms. The van der Waals surface area contributed by atoms with E-state index >= 15 is 0 Å². The molecule has 3 atom stereocenters. The average molecular weight is 340 g/mol. The number of hydrogen-bond donors (Lipinski definition) is 1. The normalized spacial score (nSPS) is 22.3. The van der Waals surface area contributed by atoms with Crippen LogP contribution in [0.1, 0.15) is 41.0 Å². The summed E-state index contributed by atoms with van der Waals surface area (Å²) in [4.78, 5) is 23.1. The van der Waals surface area contributed by atoms with Gasteiger partial charge in [0, 0.05) is 12.3 Å². The first-order valence-corrected chi connectivity index (χ1v) is 11.0. The van der Waals surface area contributed by atoms with Crippen molar-refractivity contribution in [3.63, 3.8) is 0 Å². The Kier molecular flexibility index (Phi) is 6.43. The van der Waals surface area contributed by atoms with E-state index in [4.69, 9.17) is 9.16 Å². The van der Waals surface area contributed by atoms with Crippen LogP contribution in [0, 0.1) is 17.8 Å². The molecule has 1 saturated heterocycles. The average Bonchev–Trinajstić information content (AvgIpc) is 2.35. The highest BCUT2D eigenvalue weighted by Gasteiger charge is 2.47. The van der Waals surface area contributed by atoms with E-state index in [-0.39, 0.29) is 29.0 Å². The highest BCUT2D eigenvalue weighted by Crippen LogP contribution is 2.39. The molecule has 0 saturated carbocycles. The molecule has 1 N–H and O–H groups in total. The van der Waals surface area contributed by atoms with Gasteiger partial charge < -0.3 is 14.5 Å². The second-order valence-electron chi connectivity index (χ2n) is 7.45. The molecule has 1 aliphatic rings. The fraction of sp³-hybridized carbons (Fsp3) is 0.765. The lowest BCUT2D eigenvalue weighted by molar-refractivity contribution is -0.139. The highest BCUT2D eigenvalue weighted by molar-refractivity contribution is 6.74. The third-order valence-electron chi connectivity index (χ3n) is 4.64. The lowest BCUT2D eigenvalue weighted by Gasteiger charge is -2.45. The van der Waals surface area contributed by atoms with Crippen molar-refractivity contribution in [1.82, 2.24) is 5.32 Å². The maximum atomic E-state index is 11.9. The molecule has 1 heterocycles. The first-order chi connectivity index (χ1) is 10.5. The van der Waals surface area contributed by atoms with E-state index in [0.717, 1.165) is 0 Å². The first kappa shape index (κ1) is 19.7. The summed E-state index contributed by atoms with van der Waals surface area (Å²) in [6.45, 7) is 14.9. The molecule has 0 unspecified atom stereocenters. The number of carbonyl (C=O) groups is 2. The number of carbonyl (C=O) groups excluding carboxylic acids is 2. The molecule has 1 amide bonds. The molecule has 0 aromatic heterocycles. The number of nitrogens with one attached hydrogen (secondary N) is 1. The van der Waals surface area contributed by atoms with Gasteiger partial charge in [-0.3, -0.25) is 4.79 Å². The van der Waals surface area contributed by atoms with Gasteiger partial charge >= 0.3 is 5.97 Å². The zero-order valence-corrected chi connectivity index (χ0v) is 16.3. The smallest absolute Gasteiger partial charge is 0.384 e. The van der Waals surface area contributed by atoms with Crippen LogP contribution in [-0.4, -0.2) is 38.9 Å². The van der Waals surface area contributed by atoms with Crippen LogP contribution in [0.5, 0.6) is 0 Å². The van der Waals surface area contributed by atoms with Crippen LogP contribution >= 0.6 is 0 Å². The summed E-state index contributed by atoms with van der Waals surface area (Å²) >= 11 is 0. The predicted molar refractivity (Wildman–Crippen MR) is 92.2 cm³/mol. The summed E-state index contributed by atoms with van der Waals surface area (Å²) in [7, 11) is -1.92. The Balaban J connectivity index is 2.64. The van der Waals surface area contributed by atoms with Crippen LogP contribution in [0.4, 0.5) is 0 Å². The minimum atomic E-state index is -1.92. The van der Waals surface area contributed by atoms with Gasteiger partial charge in [0.05, 0.1) is 24.7 Å². The minimum absolute atomic E-state index is 0.000793. The van der Waals surface area contributed by atoms with Gasteiger partial charge in [-0.25, -0.2) is 4.79 Å². The molecule has 23 heavy (non-hydrogen) atoms. The van der Waals surface area contributed by atoms with Crippen molar-refractivity contribution in [2.45, 2.75) is 71.3 Å². The number of β-lactam (4-membered cyclic amide) rings is 1. The van der Waals surface area contributed by atoms with Gasteiger partial charge in [-0.2, -0.15) is 0 Å². The van der Waals surface area contributed by atoms with E-state index in [2.05, 4.69) is 51.0 Å². The monoisotopic (exact) mass is 339 g/mol. The molecule has 0 bridgehead atoms. The van der Waals surface area contributed by atoms with Crippen molar-refractivity contribution in [2.75, 3.05) is 6.61 Å². The van der Waals surface area contributed by atoms with Crippen molar-refractivity contribution in [3.8, 4) is 11.8 Å². The van der Waals surface area contributed by atoms with Gasteiger partial charge in [0.2, 0.25) is 5.91 Å². The van der Waals surface area contributed by atoms with Crippen molar-refractivity contribution in [2.24, 2.45) is 5.92 Å². The molecule has 1 fully saturated rings. The third kappa shape index (κ3) is 5.08. The van der Waals surface area contributed by atoms with Gasteiger partial charge in [-0.1, -0.05) is 26.7 Å². The number of hydrogen-bond acceptors (Lipinski definition) is 4. The summed E-state index contributed by atoms with van der Waals surface area (Å²) in [5.74, 6) is 4.49. The number of amides is 1. The molecule has 0 radical (unpaired) electrons. The Morgan fingerprint density at radius 2 is 2.00 bits per heavy atom. The zero-order chi connectivity index (χ0) is 17.8. The van der Waals surface area contributed by atoms with Crippen LogP contribution in [0.3, 0.4) is 0 Å². The lowest BCUT2D eigenvalue weighted by Crippen LogP contribution is -2.63. The number of rotatable bonds is 5. The standard InChI is InChI=1S/C17H29NO4Si/c1-8-21-14(19)11-9-10-13-15(16(20)18-13)12(2)22-23(6,7)17(3,4)5/h12-13,15H,8,10H2,1-7H3,(H,18,20)/t12-,13-,15-/m1/s1. The van der Waals surface area contributed by atoms with Gasteiger partial charge in [0.25, 0.3) is 0 Å². The topological polar surface area (TPSA) is 64.6 Å². The Bertz CT molecular complexity index is 513. The van der Waals surface area contributed by atoms with Gasteiger partial charge in [-0.05, 0) is 32.0 Å². The minimum Gasteiger partial charge on any atom is -0.456 e. The third-order valence-corrected chi connectivity index (χ3v) is 9.22. The van der Waals surface area contributed by atoms with Crippen molar-refractivity contribution >= 4 is 20.2 Å². The fourth-order valence-electron chi connectivity index (χ4n) is 2.29. The Labute approximate surface area is 140 Å². The number of esters is 1. The maximum Gasteiger partial charge on any atom is 0.384 e. The molecule has 1 aliphatic heterocycles. The van der Waals surface area contributed by atoms with E-state index in [1.54, 1.807) is 6.92 Å². The van der Waals surface area contributed by atoms with Crippen LogP contribution in [0.2, 0.25) is 18.1 Å². The molecule has 5 nitrogen and oxygen atoms in total. The fourth-order valence-corrected chi connectivity index (χ4v) is 3.72. The van der Waals surface area contributed by atoms with Crippen molar-refractivity contribution in [1.29, 1.82) is 0 Å². The quantitative estimate of drug-likeness (QED) is 0.275. The Hall–Kier alpha value is -1.32. The summed E-state index contributed by atoms with van der Waals surface area (Å²) < 4.78 is 11.1. The highest BCUT2D eigenvalue weighted by atomic mass is 28.4. The SMILES string of the molecule is CCOC(=O)C#CC[C@H]1NC(=O)[C@@H]1[C@@H](C)O[Si](C)(C)C(C)(C)C. The summed E-state index contributed by atoms with van der Waals surface area (Å²) in [5.41, 5.74) is 0. The van der Waals surface area contributed by atoms with E-state index in [9.17, 15) is 9.59 Å². The number of ether oxygens (including phenoxy) is 1. The van der Waals surface area contributed by atoms with Gasteiger partial charge in [0.1, 0.15) is 0 Å². The molecule has 0 aromatic carbocycles. The Morgan fingerprint density at radius 3 is 2.48 bits per heavy atom. The molecular formula is C17H29NO4Si. The summed E-state index contributed by atoms with van der Waals surface area (Å²) in [6.07, 6.45) is 0.277. The van der Waals surface area contributed by atoms with Crippen LogP contribution < -0.4 is 5.32 Å². The van der Waals surface area contributed by atoms with E-state index in [1.165, 1.54) is 0 Å². The van der Waals surface area contributed by atoms with Gasteiger partial charge in [0.15, 0.2) is 8.32 Å². The molecule has 1 rings (SSSR count). The molecule has 130 valence electrons.